The van der Waals surface area contributed by atoms with Crippen molar-refractivity contribution < 1.29 is 23.1 Å². The Morgan fingerprint density at radius 3 is 2.66 bits per heavy atom. The number of fused-ring (bicyclic) bond motifs is 1. The van der Waals surface area contributed by atoms with Crippen LogP contribution in [0.25, 0.3) is 0 Å². The summed E-state index contributed by atoms with van der Waals surface area (Å²) in [4.78, 5) is 28.7. The second kappa shape index (κ2) is 8.19. The van der Waals surface area contributed by atoms with E-state index in [0.717, 1.165) is 18.9 Å². The zero-order valence-electron chi connectivity index (χ0n) is 15.9. The third kappa shape index (κ3) is 4.39. The van der Waals surface area contributed by atoms with Gasteiger partial charge in [0.05, 0.1) is 12.2 Å². The van der Waals surface area contributed by atoms with E-state index in [1.165, 1.54) is 12.1 Å². The van der Waals surface area contributed by atoms with Crippen molar-refractivity contribution in [1.82, 2.24) is 4.90 Å². The highest BCUT2D eigenvalue weighted by Crippen LogP contribution is 2.32. The van der Waals surface area contributed by atoms with Gasteiger partial charge in [-0.2, -0.15) is 0 Å². The van der Waals surface area contributed by atoms with Gasteiger partial charge in [-0.3, -0.25) is 9.59 Å². The lowest BCUT2D eigenvalue weighted by Crippen LogP contribution is -2.39. The lowest BCUT2D eigenvalue weighted by molar-refractivity contribution is -0.134. The molecule has 4 rings (SSSR count). The maximum absolute atomic E-state index is 14.0. The Morgan fingerprint density at radius 1 is 1.10 bits per heavy atom. The smallest absolute Gasteiger partial charge is 0.227 e. The predicted octanol–water partition coefficient (Wildman–Crippen LogP) is 3.66. The van der Waals surface area contributed by atoms with Crippen molar-refractivity contribution >= 4 is 17.5 Å². The number of carbonyl (C=O) groups excluding carboxylic acids is 2. The average molecular weight is 400 g/mol. The van der Waals surface area contributed by atoms with Crippen LogP contribution >= 0.6 is 0 Å². The molecule has 0 N–H and O–H groups in total. The van der Waals surface area contributed by atoms with E-state index in [0.29, 0.717) is 24.6 Å². The van der Waals surface area contributed by atoms with Crippen LogP contribution < -0.4 is 9.64 Å². The molecule has 5 nitrogen and oxygen atoms in total. The number of rotatable bonds is 6. The van der Waals surface area contributed by atoms with Crippen LogP contribution in [0.4, 0.5) is 14.5 Å². The lowest BCUT2D eigenvalue weighted by Gasteiger charge is -2.30. The minimum atomic E-state index is -0.663. The number of anilines is 1. The molecule has 2 aromatic carbocycles. The van der Waals surface area contributed by atoms with Gasteiger partial charge >= 0.3 is 0 Å². The van der Waals surface area contributed by atoms with Crippen molar-refractivity contribution in [1.29, 1.82) is 0 Å². The topological polar surface area (TPSA) is 49.9 Å². The molecule has 0 aromatic heterocycles. The minimum absolute atomic E-state index is 0.0532. The van der Waals surface area contributed by atoms with Crippen molar-refractivity contribution in [3.05, 3.63) is 59.7 Å². The fraction of sp³-hybridized carbons (Fsp3) is 0.364. The fourth-order valence-corrected chi connectivity index (χ4v) is 3.56. The van der Waals surface area contributed by atoms with Gasteiger partial charge in [0.1, 0.15) is 24.0 Å². The Balaban J connectivity index is 1.39. The van der Waals surface area contributed by atoms with Gasteiger partial charge in [0.15, 0.2) is 0 Å². The van der Waals surface area contributed by atoms with Crippen molar-refractivity contribution in [2.24, 2.45) is 0 Å². The first-order chi connectivity index (χ1) is 14.0. The Hall–Kier alpha value is -2.96. The zero-order valence-corrected chi connectivity index (χ0v) is 15.9. The quantitative estimate of drug-likeness (QED) is 0.744. The number of hydrogen-bond acceptors (Lipinski definition) is 3. The summed E-state index contributed by atoms with van der Waals surface area (Å²) in [7, 11) is 0. The summed E-state index contributed by atoms with van der Waals surface area (Å²) in [6.45, 7) is 0.941. The SMILES string of the molecule is O=C(CCC(=O)N(Cc1ccc(F)cc1F)C1CC1)N1CCOc2ccccc21. The molecule has 29 heavy (non-hydrogen) atoms. The number of nitrogens with zero attached hydrogens (tertiary/aromatic N) is 2. The van der Waals surface area contributed by atoms with Crippen LogP contribution in [0.5, 0.6) is 5.75 Å². The third-order valence-electron chi connectivity index (χ3n) is 5.25. The van der Waals surface area contributed by atoms with Crippen LogP contribution in [-0.2, 0) is 16.1 Å². The van der Waals surface area contributed by atoms with Gasteiger partial charge < -0.3 is 14.5 Å². The Labute approximate surface area is 167 Å². The Morgan fingerprint density at radius 2 is 1.90 bits per heavy atom. The number of carbonyl (C=O) groups is 2. The van der Waals surface area contributed by atoms with Crippen LogP contribution in [0, 0.1) is 11.6 Å². The summed E-state index contributed by atoms with van der Waals surface area (Å²) in [5.74, 6) is -0.981. The van der Waals surface area contributed by atoms with Gasteiger partial charge in [0.25, 0.3) is 0 Å². The molecule has 0 spiro atoms. The maximum atomic E-state index is 14.0. The molecule has 1 aliphatic heterocycles. The second-order valence-corrected chi connectivity index (χ2v) is 7.35. The van der Waals surface area contributed by atoms with E-state index in [9.17, 15) is 18.4 Å². The van der Waals surface area contributed by atoms with Gasteiger partial charge in [-0.05, 0) is 31.0 Å². The van der Waals surface area contributed by atoms with E-state index in [2.05, 4.69) is 0 Å². The van der Waals surface area contributed by atoms with E-state index in [-0.39, 0.29) is 42.8 Å². The molecule has 152 valence electrons. The first-order valence-electron chi connectivity index (χ1n) is 9.78. The average Bonchev–Trinajstić information content (AvgIpc) is 3.56. The monoisotopic (exact) mass is 400 g/mol. The number of benzene rings is 2. The van der Waals surface area contributed by atoms with E-state index >= 15 is 0 Å². The summed E-state index contributed by atoms with van der Waals surface area (Å²) in [6, 6.07) is 10.8. The molecule has 7 heteroatoms. The molecular weight excluding hydrogens is 378 g/mol. The largest absolute Gasteiger partial charge is 0.490 e. The first-order valence-corrected chi connectivity index (χ1v) is 9.78. The molecule has 2 aliphatic rings. The standard InChI is InChI=1S/C22H22F2N2O3/c23-16-6-5-15(18(24)13-16)14-26(17-7-8-17)22(28)10-9-21(27)25-11-12-29-20-4-2-1-3-19(20)25/h1-6,13,17H,7-12,14H2. The van der Waals surface area contributed by atoms with Crippen LogP contribution in [0.15, 0.2) is 42.5 Å². The van der Waals surface area contributed by atoms with E-state index < -0.39 is 11.6 Å². The zero-order chi connectivity index (χ0) is 20.4. The molecule has 1 aliphatic carbocycles. The summed E-state index contributed by atoms with van der Waals surface area (Å²) in [6.07, 6.45) is 1.85. The highest BCUT2D eigenvalue weighted by molar-refractivity contribution is 5.97. The van der Waals surface area contributed by atoms with Crippen LogP contribution in [0.3, 0.4) is 0 Å². The highest BCUT2D eigenvalue weighted by Gasteiger charge is 2.33. The molecule has 0 radical (unpaired) electrons. The van der Waals surface area contributed by atoms with Gasteiger partial charge in [-0.1, -0.05) is 18.2 Å². The number of halogens is 2. The van der Waals surface area contributed by atoms with E-state index in [1.807, 2.05) is 24.3 Å². The van der Waals surface area contributed by atoms with Gasteiger partial charge in [0, 0.05) is 37.1 Å². The van der Waals surface area contributed by atoms with Crippen LogP contribution in [0.2, 0.25) is 0 Å². The van der Waals surface area contributed by atoms with E-state index in [1.54, 1.807) is 9.80 Å². The highest BCUT2D eigenvalue weighted by atomic mass is 19.1. The second-order valence-electron chi connectivity index (χ2n) is 7.35. The van der Waals surface area contributed by atoms with E-state index in [4.69, 9.17) is 4.74 Å². The maximum Gasteiger partial charge on any atom is 0.227 e. The predicted molar refractivity (Wildman–Crippen MR) is 103 cm³/mol. The van der Waals surface area contributed by atoms with Crippen molar-refractivity contribution in [3.8, 4) is 5.75 Å². The summed E-state index contributed by atoms with van der Waals surface area (Å²) in [5.41, 5.74) is 0.990. The van der Waals surface area contributed by atoms with Crippen molar-refractivity contribution in [2.75, 3.05) is 18.1 Å². The van der Waals surface area contributed by atoms with Crippen molar-refractivity contribution in [3.63, 3.8) is 0 Å². The van der Waals surface area contributed by atoms with Crippen LogP contribution in [0.1, 0.15) is 31.2 Å². The Bertz CT molecular complexity index is 930. The summed E-state index contributed by atoms with van der Waals surface area (Å²) >= 11 is 0. The lowest BCUT2D eigenvalue weighted by atomic mass is 10.1. The first kappa shape index (κ1) is 19.4. The third-order valence-corrected chi connectivity index (χ3v) is 5.25. The summed E-state index contributed by atoms with van der Waals surface area (Å²) < 4.78 is 32.7. The molecule has 0 bridgehead atoms. The summed E-state index contributed by atoms with van der Waals surface area (Å²) in [5, 5.41) is 0. The number of hydrogen-bond donors (Lipinski definition) is 0. The molecule has 1 fully saturated rings. The molecular formula is C22H22F2N2O3. The Kier molecular flexibility index (Phi) is 5.47. The minimum Gasteiger partial charge on any atom is -0.490 e. The molecule has 0 atom stereocenters. The molecule has 2 amide bonds. The molecule has 1 saturated carbocycles. The molecule has 2 aromatic rings. The van der Waals surface area contributed by atoms with Gasteiger partial charge in [0.2, 0.25) is 11.8 Å². The molecule has 1 heterocycles. The normalized spacial score (nSPS) is 15.4. The van der Waals surface area contributed by atoms with Gasteiger partial charge in [-0.25, -0.2) is 8.78 Å². The van der Waals surface area contributed by atoms with Crippen molar-refractivity contribution in [2.45, 2.75) is 38.3 Å². The van der Waals surface area contributed by atoms with Gasteiger partial charge in [-0.15, -0.1) is 0 Å². The molecule has 0 unspecified atom stereocenters. The number of ether oxygens (including phenoxy) is 1. The molecule has 0 saturated heterocycles. The number of para-hydroxylation sites is 2. The fourth-order valence-electron chi connectivity index (χ4n) is 3.56. The van der Waals surface area contributed by atoms with Crippen LogP contribution in [-0.4, -0.2) is 35.9 Å². The number of amides is 2.